The van der Waals surface area contributed by atoms with E-state index in [4.69, 9.17) is 5.11 Å². The molecular weight excluding hydrogens is 136 g/mol. The number of hydrogen-bond acceptors (Lipinski definition) is 2. The molecule has 1 N–H and O–H groups in total. The summed E-state index contributed by atoms with van der Waals surface area (Å²) < 4.78 is -0.619. The normalized spacial score (nSPS) is 11.0. The molecule has 0 aliphatic heterocycles. The smallest absolute Gasteiger partial charge is 0.332 e. The minimum atomic E-state index is -0.991. The van der Waals surface area contributed by atoms with Crippen molar-refractivity contribution in [3.05, 3.63) is 12.2 Å². The Balaban J connectivity index is 4.23. The van der Waals surface area contributed by atoms with Crippen LogP contribution in [0.1, 0.15) is 13.8 Å². The van der Waals surface area contributed by atoms with E-state index in [1.807, 2.05) is 0 Å². The summed E-state index contributed by atoms with van der Waals surface area (Å²) in [5, 5.41) is 8.37. The zero-order chi connectivity index (χ0) is 7.65. The van der Waals surface area contributed by atoms with E-state index in [0.29, 0.717) is 0 Å². The maximum atomic E-state index is 10.2. The molecule has 0 bridgehead atoms. The van der Waals surface area contributed by atoms with Gasteiger partial charge in [-0.3, -0.25) is 0 Å². The second-order valence-corrected chi connectivity index (χ2v) is 3.46. The van der Waals surface area contributed by atoms with Crippen LogP contribution in [0, 0.1) is 0 Å². The Kier molecular flexibility index (Phi) is 2.32. The minimum absolute atomic E-state index is 0.117. The summed E-state index contributed by atoms with van der Waals surface area (Å²) in [4.78, 5) is 10.2. The highest BCUT2D eigenvalue weighted by Gasteiger charge is 2.21. The predicted molar refractivity (Wildman–Crippen MR) is 39.8 cm³/mol. The Morgan fingerprint density at radius 2 is 2.00 bits per heavy atom. The van der Waals surface area contributed by atoms with Gasteiger partial charge in [0.2, 0.25) is 0 Å². The molecule has 0 saturated heterocycles. The van der Waals surface area contributed by atoms with Crippen LogP contribution in [0.3, 0.4) is 0 Å². The van der Waals surface area contributed by atoms with Gasteiger partial charge in [-0.1, -0.05) is 6.58 Å². The first-order valence-corrected chi connectivity index (χ1v) is 2.95. The Labute approximate surface area is 60.0 Å². The van der Waals surface area contributed by atoms with Crippen molar-refractivity contribution < 1.29 is 9.90 Å². The van der Waals surface area contributed by atoms with Crippen molar-refractivity contribution in [2.24, 2.45) is 0 Å². The summed E-state index contributed by atoms with van der Waals surface area (Å²) in [6.07, 6.45) is 0. The minimum Gasteiger partial charge on any atom is -0.478 e. The van der Waals surface area contributed by atoms with E-state index in [1.165, 1.54) is 0 Å². The van der Waals surface area contributed by atoms with Crippen LogP contribution in [-0.4, -0.2) is 15.8 Å². The second-order valence-electron chi connectivity index (χ2n) is 2.34. The zero-order valence-corrected chi connectivity index (χ0v) is 6.40. The monoisotopic (exact) mass is 146 g/mol. The lowest BCUT2D eigenvalue weighted by molar-refractivity contribution is -0.132. The van der Waals surface area contributed by atoms with Crippen molar-refractivity contribution in [2.45, 2.75) is 18.6 Å². The lowest BCUT2D eigenvalue weighted by atomic mass is 10.1. The molecule has 9 heavy (non-hydrogen) atoms. The van der Waals surface area contributed by atoms with Gasteiger partial charge in [0.15, 0.2) is 0 Å². The summed E-state index contributed by atoms with van der Waals surface area (Å²) in [7, 11) is 0. The summed E-state index contributed by atoms with van der Waals surface area (Å²) in [6.45, 7) is 6.72. The topological polar surface area (TPSA) is 37.3 Å². The van der Waals surface area contributed by atoms with E-state index < -0.39 is 10.7 Å². The average molecular weight is 146 g/mol. The number of hydrogen-bond donors (Lipinski definition) is 2. The Hall–Kier alpha value is -0.440. The molecule has 0 rings (SSSR count). The molecule has 0 amide bonds. The van der Waals surface area contributed by atoms with Crippen LogP contribution >= 0.6 is 12.6 Å². The fourth-order valence-corrected chi connectivity index (χ4v) is 0.357. The first-order chi connectivity index (χ1) is 3.85. The highest BCUT2D eigenvalue weighted by Crippen LogP contribution is 2.20. The molecule has 0 aromatic heterocycles. The van der Waals surface area contributed by atoms with Crippen molar-refractivity contribution in [2.75, 3.05) is 0 Å². The Morgan fingerprint density at radius 1 is 1.67 bits per heavy atom. The second kappa shape index (κ2) is 2.43. The molecule has 0 aromatic carbocycles. The van der Waals surface area contributed by atoms with Gasteiger partial charge in [-0.15, -0.1) is 0 Å². The molecule has 2 nitrogen and oxygen atoms in total. The van der Waals surface area contributed by atoms with E-state index >= 15 is 0 Å². The van der Waals surface area contributed by atoms with Gasteiger partial charge < -0.3 is 5.11 Å². The molecule has 52 valence electrons. The van der Waals surface area contributed by atoms with Crippen LogP contribution in [0.2, 0.25) is 0 Å². The van der Waals surface area contributed by atoms with Crippen LogP contribution in [-0.2, 0) is 4.79 Å². The Morgan fingerprint density at radius 3 is 2.00 bits per heavy atom. The van der Waals surface area contributed by atoms with Crippen LogP contribution in [0.25, 0.3) is 0 Å². The molecule has 0 atom stereocenters. The number of carbonyl (C=O) groups is 1. The van der Waals surface area contributed by atoms with Crippen molar-refractivity contribution >= 4 is 18.6 Å². The molecule has 0 saturated carbocycles. The van der Waals surface area contributed by atoms with Crippen LogP contribution < -0.4 is 0 Å². The predicted octanol–water partition coefficient (Wildman–Crippen LogP) is 1.34. The van der Waals surface area contributed by atoms with Crippen molar-refractivity contribution in [1.29, 1.82) is 0 Å². The maximum Gasteiger partial charge on any atom is 0.332 e. The molecule has 3 heteroatoms. The third-order valence-corrected chi connectivity index (χ3v) is 1.27. The van der Waals surface area contributed by atoms with E-state index in [0.717, 1.165) is 0 Å². The number of carboxylic acids is 1. The van der Waals surface area contributed by atoms with Gasteiger partial charge in [-0.05, 0) is 13.8 Å². The standard InChI is InChI=1S/C6H10O2S/c1-4(5(7)8)6(2,3)9/h9H,1H2,2-3H3,(H,7,8). The zero-order valence-electron chi connectivity index (χ0n) is 5.51. The van der Waals surface area contributed by atoms with Crippen molar-refractivity contribution in [1.82, 2.24) is 0 Å². The van der Waals surface area contributed by atoms with Gasteiger partial charge in [-0.25, -0.2) is 4.79 Å². The quantitative estimate of drug-likeness (QED) is 0.455. The molecule has 0 fully saturated rings. The fourth-order valence-electron chi connectivity index (χ4n) is 0.262. The van der Waals surface area contributed by atoms with Gasteiger partial charge in [0.05, 0.1) is 0 Å². The molecule has 0 radical (unpaired) electrons. The first-order valence-electron chi connectivity index (χ1n) is 2.50. The molecule has 0 unspecified atom stereocenters. The summed E-state index contributed by atoms with van der Waals surface area (Å²) in [6, 6.07) is 0. The molecule has 0 heterocycles. The summed E-state index contributed by atoms with van der Waals surface area (Å²) >= 11 is 4.01. The van der Waals surface area contributed by atoms with Crippen molar-refractivity contribution in [3.63, 3.8) is 0 Å². The molecule has 0 aromatic rings. The lowest BCUT2D eigenvalue weighted by Gasteiger charge is -2.15. The number of rotatable bonds is 2. The highest BCUT2D eigenvalue weighted by molar-refractivity contribution is 7.82. The third kappa shape index (κ3) is 2.56. The average Bonchev–Trinajstić information content (AvgIpc) is 1.62. The van der Waals surface area contributed by atoms with Crippen LogP contribution in [0.4, 0.5) is 0 Å². The number of aliphatic carboxylic acids is 1. The number of carboxylic acid groups (broad SMARTS) is 1. The van der Waals surface area contributed by atoms with E-state index in [-0.39, 0.29) is 5.57 Å². The van der Waals surface area contributed by atoms with E-state index in [1.54, 1.807) is 13.8 Å². The highest BCUT2D eigenvalue weighted by atomic mass is 32.1. The largest absolute Gasteiger partial charge is 0.478 e. The molecule has 0 aliphatic rings. The number of thiol groups is 1. The van der Waals surface area contributed by atoms with Gasteiger partial charge >= 0.3 is 5.97 Å². The van der Waals surface area contributed by atoms with E-state index in [9.17, 15) is 4.79 Å². The third-order valence-electron chi connectivity index (χ3n) is 0.997. The Bertz CT molecular complexity index is 144. The molecule has 0 aliphatic carbocycles. The summed E-state index contributed by atoms with van der Waals surface area (Å²) in [5.41, 5.74) is 0.117. The van der Waals surface area contributed by atoms with Crippen LogP contribution in [0.5, 0.6) is 0 Å². The molecule has 0 spiro atoms. The summed E-state index contributed by atoms with van der Waals surface area (Å²) in [5.74, 6) is -0.991. The lowest BCUT2D eigenvalue weighted by Crippen LogP contribution is -2.20. The van der Waals surface area contributed by atoms with Gasteiger partial charge in [-0.2, -0.15) is 12.6 Å². The van der Waals surface area contributed by atoms with Gasteiger partial charge in [0.25, 0.3) is 0 Å². The molecular formula is C6H10O2S. The van der Waals surface area contributed by atoms with Gasteiger partial charge in [0.1, 0.15) is 0 Å². The van der Waals surface area contributed by atoms with Crippen molar-refractivity contribution in [3.8, 4) is 0 Å². The maximum absolute atomic E-state index is 10.2. The van der Waals surface area contributed by atoms with E-state index in [2.05, 4.69) is 19.2 Å². The fraction of sp³-hybridized carbons (Fsp3) is 0.500. The SMILES string of the molecule is C=C(C(=O)O)C(C)(C)S. The first kappa shape index (κ1) is 8.56. The van der Waals surface area contributed by atoms with Crippen LogP contribution in [0.15, 0.2) is 12.2 Å². The van der Waals surface area contributed by atoms with Gasteiger partial charge in [0, 0.05) is 10.3 Å².